The minimum Gasteiger partial charge on any atom is -0.341 e. The van der Waals surface area contributed by atoms with E-state index in [9.17, 15) is 9.59 Å². The Morgan fingerprint density at radius 3 is 2.67 bits per heavy atom. The van der Waals surface area contributed by atoms with Gasteiger partial charge in [-0.1, -0.05) is 42.1 Å². The van der Waals surface area contributed by atoms with Crippen molar-refractivity contribution in [1.29, 1.82) is 0 Å². The van der Waals surface area contributed by atoms with E-state index >= 15 is 0 Å². The molecule has 1 aliphatic carbocycles. The number of hydrogen-bond acceptors (Lipinski definition) is 5. The van der Waals surface area contributed by atoms with Gasteiger partial charge in [0, 0.05) is 13.0 Å². The quantitative estimate of drug-likeness (QED) is 0.779. The summed E-state index contributed by atoms with van der Waals surface area (Å²) < 4.78 is 2.07. The van der Waals surface area contributed by atoms with Crippen LogP contribution in [0.15, 0.2) is 35.5 Å². The summed E-state index contributed by atoms with van der Waals surface area (Å²) in [7, 11) is 1.47. The standard InChI is InChI=1S/C16H19N5O2S/c1-17-15(23)18-13(22)10-24-16-20-19-14(12-7-8-12)21(16)9-11-5-3-2-4-6-11/h2-6,12H,7-10H2,1H3,(H2,17,18,22,23). The molecule has 1 saturated carbocycles. The van der Waals surface area contributed by atoms with Gasteiger partial charge in [0.25, 0.3) is 0 Å². The minimum absolute atomic E-state index is 0.116. The number of carbonyl (C=O) groups excluding carboxylic acids is 2. The molecule has 1 aromatic heterocycles. The van der Waals surface area contributed by atoms with Gasteiger partial charge < -0.3 is 9.88 Å². The van der Waals surface area contributed by atoms with Crippen molar-refractivity contribution < 1.29 is 9.59 Å². The number of imide groups is 1. The molecule has 3 amide bonds. The Bertz CT molecular complexity index is 727. The minimum atomic E-state index is -0.509. The maximum atomic E-state index is 11.8. The Kier molecular flexibility index (Phi) is 5.14. The third-order valence-electron chi connectivity index (χ3n) is 3.68. The van der Waals surface area contributed by atoms with Crippen molar-refractivity contribution in [3.05, 3.63) is 41.7 Å². The fourth-order valence-corrected chi connectivity index (χ4v) is 3.07. The van der Waals surface area contributed by atoms with Gasteiger partial charge in [-0.05, 0) is 18.4 Å². The summed E-state index contributed by atoms with van der Waals surface area (Å²) in [6.45, 7) is 0.680. The van der Waals surface area contributed by atoms with Crippen LogP contribution in [0.5, 0.6) is 0 Å². The van der Waals surface area contributed by atoms with Gasteiger partial charge in [-0.25, -0.2) is 4.79 Å². The second kappa shape index (κ2) is 7.48. The predicted molar refractivity (Wildman–Crippen MR) is 90.9 cm³/mol. The first-order chi connectivity index (χ1) is 11.7. The van der Waals surface area contributed by atoms with E-state index in [2.05, 4.69) is 37.5 Å². The molecule has 2 aromatic rings. The average molecular weight is 345 g/mol. The fraction of sp³-hybridized carbons (Fsp3) is 0.375. The molecule has 3 rings (SSSR count). The molecule has 1 aliphatic rings. The van der Waals surface area contributed by atoms with Gasteiger partial charge in [-0.15, -0.1) is 10.2 Å². The van der Waals surface area contributed by atoms with E-state index < -0.39 is 6.03 Å². The van der Waals surface area contributed by atoms with Crippen LogP contribution in [0.4, 0.5) is 4.79 Å². The smallest absolute Gasteiger partial charge is 0.321 e. The third kappa shape index (κ3) is 4.14. The number of carbonyl (C=O) groups is 2. The first kappa shape index (κ1) is 16.5. The molecule has 2 N–H and O–H groups in total. The van der Waals surface area contributed by atoms with Gasteiger partial charge in [0.1, 0.15) is 5.82 Å². The molecule has 0 unspecified atom stereocenters. The summed E-state index contributed by atoms with van der Waals surface area (Å²) in [5, 5.41) is 13.8. The largest absolute Gasteiger partial charge is 0.341 e. The van der Waals surface area contributed by atoms with E-state index in [1.165, 1.54) is 18.8 Å². The number of urea groups is 1. The highest BCUT2D eigenvalue weighted by Crippen LogP contribution is 2.40. The normalized spacial score (nSPS) is 13.5. The van der Waals surface area contributed by atoms with Crippen LogP contribution in [0.1, 0.15) is 30.1 Å². The Balaban J connectivity index is 1.71. The molecular weight excluding hydrogens is 326 g/mol. The van der Waals surface area contributed by atoms with Gasteiger partial charge in [0.2, 0.25) is 5.91 Å². The third-order valence-corrected chi connectivity index (χ3v) is 4.65. The molecule has 8 heteroatoms. The van der Waals surface area contributed by atoms with E-state index in [1.54, 1.807) is 0 Å². The number of aromatic nitrogens is 3. The second-order valence-electron chi connectivity index (χ2n) is 5.60. The van der Waals surface area contributed by atoms with E-state index in [1.807, 2.05) is 18.2 Å². The summed E-state index contributed by atoms with van der Waals surface area (Å²) in [6.07, 6.45) is 2.27. The van der Waals surface area contributed by atoms with Crippen LogP contribution in [0.2, 0.25) is 0 Å². The van der Waals surface area contributed by atoms with Crippen LogP contribution in [-0.4, -0.2) is 39.5 Å². The van der Waals surface area contributed by atoms with Crippen molar-refractivity contribution in [1.82, 2.24) is 25.4 Å². The molecule has 0 radical (unpaired) electrons. The zero-order valence-corrected chi connectivity index (χ0v) is 14.2. The summed E-state index contributed by atoms with van der Waals surface area (Å²) in [5.74, 6) is 1.20. The molecular formula is C16H19N5O2S. The number of hydrogen-bond donors (Lipinski definition) is 2. The Morgan fingerprint density at radius 1 is 1.25 bits per heavy atom. The van der Waals surface area contributed by atoms with Crippen LogP contribution in [0.25, 0.3) is 0 Å². The van der Waals surface area contributed by atoms with Crippen LogP contribution in [0, 0.1) is 0 Å². The number of thioether (sulfide) groups is 1. The van der Waals surface area contributed by atoms with Gasteiger partial charge in [0.15, 0.2) is 5.16 Å². The van der Waals surface area contributed by atoms with Crippen LogP contribution in [-0.2, 0) is 11.3 Å². The zero-order chi connectivity index (χ0) is 16.9. The molecule has 1 aromatic carbocycles. The molecule has 0 spiro atoms. The monoisotopic (exact) mass is 345 g/mol. The molecule has 1 fully saturated rings. The predicted octanol–water partition coefficient (Wildman–Crippen LogP) is 1.75. The van der Waals surface area contributed by atoms with Crippen LogP contribution in [0.3, 0.4) is 0 Å². The molecule has 24 heavy (non-hydrogen) atoms. The van der Waals surface area contributed by atoms with Gasteiger partial charge >= 0.3 is 6.03 Å². The summed E-state index contributed by atoms with van der Waals surface area (Å²) in [6, 6.07) is 9.59. The van der Waals surface area contributed by atoms with E-state index in [0.717, 1.165) is 24.2 Å². The van der Waals surface area contributed by atoms with Crippen molar-refractivity contribution >= 4 is 23.7 Å². The Morgan fingerprint density at radius 2 is 2.00 bits per heavy atom. The van der Waals surface area contributed by atoms with Crippen molar-refractivity contribution in [3.8, 4) is 0 Å². The SMILES string of the molecule is CNC(=O)NC(=O)CSc1nnc(C2CC2)n1Cc1ccccc1. The number of nitrogens with zero attached hydrogens (tertiary/aromatic N) is 3. The maximum Gasteiger partial charge on any atom is 0.321 e. The number of benzene rings is 1. The van der Waals surface area contributed by atoms with E-state index in [-0.39, 0.29) is 11.7 Å². The van der Waals surface area contributed by atoms with Crippen molar-refractivity contribution in [3.63, 3.8) is 0 Å². The molecule has 0 aliphatic heterocycles. The summed E-state index contributed by atoms with van der Waals surface area (Å²) in [4.78, 5) is 22.9. The molecule has 126 valence electrons. The average Bonchev–Trinajstić information content (AvgIpc) is 3.36. The Hall–Kier alpha value is -2.35. The lowest BCUT2D eigenvalue weighted by atomic mass is 10.2. The van der Waals surface area contributed by atoms with Crippen molar-refractivity contribution in [2.75, 3.05) is 12.8 Å². The van der Waals surface area contributed by atoms with E-state index in [4.69, 9.17) is 0 Å². The molecule has 0 bridgehead atoms. The van der Waals surface area contributed by atoms with Gasteiger partial charge in [0.05, 0.1) is 12.3 Å². The molecule has 7 nitrogen and oxygen atoms in total. The maximum absolute atomic E-state index is 11.8. The highest BCUT2D eigenvalue weighted by molar-refractivity contribution is 7.99. The number of amides is 3. The first-order valence-electron chi connectivity index (χ1n) is 7.78. The first-order valence-corrected chi connectivity index (χ1v) is 8.77. The number of rotatable bonds is 6. The zero-order valence-electron chi connectivity index (χ0n) is 13.4. The van der Waals surface area contributed by atoms with Crippen LogP contribution >= 0.6 is 11.8 Å². The van der Waals surface area contributed by atoms with Crippen LogP contribution < -0.4 is 10.6 Å². The highest BCUT2D eigenvalue weighted by atomic mass is 32.2. The summed E-state index contributed by atoms with van der Waals surface area (Å²) >= 11 is 1.29. The molecule has 0 atom stereocenters. The van der Waals surface area contributed by atoms with Gasteiger partial charge in [-0.3, -0.25) is 10.1 Å². The highest BCUT2D eigenvalue weighted by Gasteiger charge is 2.30. The van der Waals surface area contributed by atoms with E-state index in [0.29, 0.717) is 17.6 Å². The van der Waals surface area contributed by atoms with Gasteiger partial charge in [-0.2, -0.15) is 0 Å². The topological polar surface area (TPSA) is 88.9 Å². The Labute approximate surface area is 144 Å². The lowest BCUT2D eigenvalue weighted by Crippen LogP contribution is -2.38. The number of nitrogens with one attached hydrogen (secondary N) is 2. The lowest BCUT2D eigenvalue weighted by Gasteiger charge is -2.10. The molecule has 1 heterocycles. The lowest BCUT2D eigenvalue weighted by molar-refractivity contribution is -0.117. The second-order valence-corrected chi connectivity index (χ2v) is 6.55. The summed E-state index contributed by atoms with van der Waals surface area (Å²) in [5.41, 5.74) is 1.16. The fourth-order valence-electron chi connectivity index (χ4n) is 2.32. The molecule has 0 saturated heterocycles. The van der Waals surface area contributed by atoms with Crippen molar-refractivity contribution in [2.45, 2.75) is 30.5 Å². The van der Waals surface area contributed by atoms with Crippen molar-refractivity contribution in [2.24, 2.45) is 0 Å².